The predicted octanol–water partition coefficient (Wildman–Crippen LogP) is 26.9. The van der Waals surface area contributed by atoms with E-state index in [1.165, 1.54) is 276 Å². The lowest BCUT2D eigenvalue weighted by Crippen LogP contribution is -2.30. The molecule has 0 rings (SSSR count). The molecule has 0 aliphatic rings. The van der Waals surface area contributed by atoms with Gasteiger partial charge in [-0.15, -0.1) is 0 Å². The van der Waals surface area contributed by atoms with Gasteiger partial charge in [0.15, 0.2) is 12.2 Å². The molecule has 0 fully saturated rings. The van der Waals surface area contributed by atoms with Crippen molar-refractivity contribution in [1.82, 2.24) is 0 Å². The summed E-state index contributed by atoms with van der Waals surface area (Å²) in [6, 6.07) is 0. The summed E-state index contributed by atoms with van der Waals surface area (Å²) < 4.78 is 69.0. The second-order valence-corrected chi connectivity index (χ2v) is 35.7. The molecule has 0 aliphatic carbocycles. The Morgan fingerprint density at radius 1 is 0.271 bits per heavy atom. The van der Waals surface area contributed by atoms with E-state index in [2.05, 4.69) is 48.5 Å². The van der Waals surface area contributed by atoms with Crippen LogP contribution >= 0.6 is 15.6 Å². The second kappa shape index (κ2) is 78.0. The zero-order valence-electron chi connectivity index (χ0n) is 70.6. The maximum atomic E-state index is 13.2. The molecule has 17 nitrogen and oxygen atoms in total. The normalized spacial score (nSPS) is 14.1. The third-order valence-corrected chi connectivity index (χ3v) is 22.9. The number of aliphatic hydroxyl groups excluding tert-OH is 1. The molecule has 0 saturated carbocycles. The van der Waals surface area contributed by atoms with Crippen LogP contribution in [0.25, 0.3) is 0 Å². The Hall–Kier alpha value is -1.94. The highest BCUT2D eigenvalue weighted by Crippen LogP contribution is 2.45. The lowest BCUT2D eigenvalue weighted by atomic mass is 9.99. The van der Waals surface area contributed by atoms with Gasteiger partial charge in [0.1, 0.15) is 19.3 Å². The molecule has 0 heterocycles. The van der Waals surface area contributed by atoms with Gasteiger partial charge >= 0.3 is 39.5 Å². The zero-order valence-corrected chi connectivity index (χ0v) is 72.4. The number of phosphoric ester groups is 2. The third-order valence-electron chi connectivity index (χ3n) is 21.0. The van der Waals surface area contributed by atoms with Crippen LogP contribution in [0, 0.1) is 17.8 Å². The standard InChI is InChI=1S/C88H172O17P2/c1-8-10-11-12-13-14-15-16-17-18-19-20-21-22-27-30-33-43-50-57-64-71-87(92)104-83(75-98-85(90)69-62-55-48-41-32-29-26-24-23-25-28-31-38-45-52-59-66-79(3)4)77-102-106(94,95)100-73-82(89)74-101-107(96,97)103-78-84(76-99-86(91)70-63-56-49-42-36-34-39-46-53-60-67-80(5)6)105-88(93)72-65-58-51-44-37-35-40-47-54-61-68-81(7)9-2/h79-84,89H,8-78H2,1-7H3,(H,94,95)(H,96,97)/t81?,82-,83-,84-/m1/s1. The Morgan fingerprint density at radius 3 is 0.710 bits per heavy atom. The van der Waals surface area contributed by atoms with Gasteiger partial charge in [-0.25, -0.2) is 9.13 Å². The number of unbranched alkanes of at least 4 members (excludes halogenated alkanes) is 53. The molecule has 19 heteroatoms. The number of esters is 4. The lowest BCUT2D eigenvalue weighted by molar-refractivity contribution is -0.161. The van der Waals surface area contributed by atoms with Crippen molar-refractivity contribution in [3.05, 3.63) is 0 Å². The van der Waals surface area contributed by atoms with E-state index in [0.29, 0.717) is 25.7 Å². The van der Waals surface area contributed by atoms with Crippen molar-refractivity contribution in [2.75, 3.05) is 39.6 Å². The average molecular weight is 1560 g/mol. The van der Waals surface area contributed by atoms with E-state index in [4.69, 9.17) is 37.0 Å². The van der Waals surface area contributed by atoms with Gasteiger partial charge in [0.25, 0.3) is 0 Å². The molecule has 0 bridgehead atoms. The van der Waals surface area contributed by atoms with Crippen LogP contribution in [0.2, 0.25) is 0 Å². The molecule has 0 aromatic rings. The number of ether oxygens (including phenoxy) is 4. The van der Waals surface area contributed by atoms with E-state index in [1.807, 2.05) is 0 Å². The zero-order chi connectivity index (χ0) is 78.6. The van der Waals surface area contributed by atoms with Crippen LogP contribution in [0.5, 0.6) is 0 Å². The van der Waals surface area contributed by atoms with E-state index >= 15 is 0 Å². The summed E-state index contributed by atoms with van der Waals surface area (Å²) in [6.07, 6.45) is 69.4. The van der Waals surface area contributed by atoms with E-state index in [9.17, 15) is 43.2 Å². The van der Waals surface area contributed by atoms with Gasteiger partial charge in [-0.2, -0.15) is 0 Å². The highest BCUT2D eigenvalue weighted by Gasteiger charge is 2.31. The highest BCUT2D eigenvalue weighted by molar-refractivity contribution is 7.47. The molecular formula is C88H172O17P2. The smallest absolute Gasteiger partial charge is 0.462 e. The van der Waals surface area contributed by atoms with Crippen molar-refractivity contribution in [3.8, 4) is 0 Å². The molecule has 0 aromatic carbocycles. The van der Waals surface area contributed by atoms with Gasteiger partial charge in [0.05, 0.1) is 26.4 Å². The Kier molecular flexibility index (Phi) is 76.6. The van der Waals surface area contributed by atoms with Gasteiger partial charge in [0, 0.05) is 25.7 Å². The number of hydrogen-bond donors (Lipinski definition) is 3. The first-order chi connectivity index (χ1) is 51.8. The average Bonchev–Trinajstić information content (AvgIpc) is 0.909. The van der Waals surface area contributed by atoms with Crippen LogP contribution in [0.3, 0.4) is 0 Å². The maximum absolute atomic E-state index is 13.2. The van der Waals surface area contributed by atoms with Crippen molar-refractivity contribution >= 4 is 39.5 Å². The van der Waals surface area contributed by atoms with Gasteiger partial charge in [0.2, 0.25) is 0 Å². The molecule has 107 heavy (non-hydrogen) atoms. The number of carbonyl (C=O) groups is 4. The first-order valence-electron chi connectivity index (χ1n) is 45.4. The van der Waals surface area contributed by atoms with E-state index in [0.717, 1.165) is 108 Å². The summed E-state index contributed by atoms with van der Waals surface area (Å²) in [7, 11) is -9.93. The lowest BCUT2D eigenvalue weighted by Gasteiger charge is -2.21. The van der Waals surface area contributed by atoms with Crippen LogP contribution < -0.4 is 0 Å². The molecule has 636 valence electrons. The van der Waals surface area contributed by atoms with Gasteiger partial charge in [-0.3, -0.25) is 37.3 Å². The van der Waals surface area contributed by atoms with Crippen LogP contribution in [0.1, 0.15) is 466 Å². The van der Waals surface area contributed by atoms with Crippen LogP contribution in [-0.4, -0.2) is 96.7 Å². The highest BCUT2D eigenvalue weighted by atomic mass is 31.2. The second-order valence-electron chi connectivity index (χ2n) is 32.8. The molecule has 0 spiro atoms. The summed E-state index contributed by atoms with van der Waals surface area (Å²) in [6.45, 7) is 12.0. The van der Waals surface area contributed by atoms with Crippen molar-refractivity contribution in [3.63, 3.8) is 0 Å². The first-order valence-corrected chi connectivity index (χ1v) is 48.4. The number of hydrogen-bond acceptors (Lipinski definition) is 15. The molecular weight excluding hydrogens is 1390 g/mol. The fourth-order valence-corrected chi connectivity index (χ4v) is 15.3. The number of aliphatic hydroxyl groups is 1. The minimum atomic E-state index is -4.97. The summed E-state index contributed by atoms with van der Waals surface area (Å²) in [4.78, 5) is 73.3. The molecule has 3 unspecified atom stereocenters. The van der Waals surface area contributed by atoms with Crippen molar-refractivity contribution in [2.24, 2.45) is 17.8 Å². The summed E-state index contributed by atoms with van der Waals surface area (Å²) in [5.41, 5.74) is 0. The maximum Gasteiger partial charge on any atom is 0.472 e. The third kappa shape index (κ3) is 80.5. The molecule has 0 aromatic heterocycles. The summed E-state index contributed by atoms with van der Waals surface area (Å²) in [5.74, 6) is 0.271. The Morgan fingerprint density at radius 2 is 0.477 bits per heavy atom. The topological polar surface area (TPSA) is 237 Å². The number of phosphoric acid groups is 2. The Bertz CT molecular complexity index is 2060. The van der Waals surface area contributed by atoms with Crippen molar-refractivity contribution in [2.45, 2.75) is 484 Å². The summed E-state index contributed by atoms with van der Waals surface area (Å²) >= 11 is 0. The van der Waals surface area contributed by atoms with E-state index in [-0.39, 0.29) is 25.7 Å². The minimum absolute atomic E-state index is 0.106. The fourth-order valence-electron chi connectivity index (χ4n) is 13.7. The van der Waals surface area contributed by atoms with E-state index in [1.54, 1.807) is 0 Å². The minimum Gasteiger partial charge on any atom is -0.462 e. The van der Waals surface area contributed by atoms with Crippen molar-refractivity contribution in [1.29, 1.82) is 0 Å². The molecule has 0 amide bonds. The number of rotatable bonds is 86. The largest absolute Gasteiger partial charge is 0.472 e. The van der Waals surface area contributed by atoms with Gasteiger partial charge < -0.3 is 33.8 Å². The quantitative estimate of drug-likeness (QED) is 0.0222. The first kappa shape index (κ1) is 105. The van der Waals surface area contributed by atoms with Crippen LogP contribution in [0.15, 0.2) is 0 Å². The SMILES string of the molecule is CCCCCCCCCCCCCCCCCCCCCCCC(=O)O[C@H](COC(=O)CCCCCCCCCCCCCCCCCCC(C)C)COP(=O)(O)OC[C@@H](O)COP(=O)(O)OC[C@@H](COC(=O)CCCCCCCCCCCCC(C)C)OC(=O)CCCCCCCCCCCCC(C)CC. The Balaban J connectivity index is 5.25. The van der Waals surface area contributed by atoms with Crippen LogP contribution in [-0.2, 0) is 65.4 Å². The molecule has 0 aliphatic heterocycles. The van der Waals surface area contributed by atoms with E-state index < -0.39 is 97.5 Å². The van der Waals surface area contributed by atoms with Gasteiger partial charge in [-0.1, -0.05) is 414 Å². The molecule has 6 atom stereocenters. The van der Waals surface area contributed by atoms with Crippen LogP contribution in [0.4, 0.5) is 0 Å². The predicted molar refractivity (Wildman–Crippen MR) is 441 cm³/mol. The molecule has 0 saturated heterocycles. The van der Waals surface area contributed by atoms with Crippen molar-refractivity contribution < 1.29 is 80.2 Å². The van der Waals surface area contributed by atoms with Gasteiger partial charge in [-0.05, 0) is 43.4 Å². The monoisotopic (exact) mass is 1560 g/mol. The fraction of sp³-hybridized carbons (Fsp3) is 0.955. The summed E-state index contributed by atoms with van der Waals surface area (Å²) in [5, 5.41) is 10.7. The Labute approximate surface area is 658 Å². The molecule has 0 radical (unpaired) electrons. The number of carbonyl (C=O) groups excluding carboxylic acids is 4. The molecule has 3 N–H and O–H groups in total.